The zero-order valence-corrected chi connectivity index (χ0v) is 27.3. The number of pyridine rings is 1. The van der Waals surface area contributed by atoms with Gasteiger partial charge >= 0.3 is 12.1 Å². The standard InChI is InChI=1S/C37H36F3N3O5S/c38-37(39,40)36(46)43-17-5-10-31(43)34(45)42-21-25-6-3-7-27(18-25)28-8-4-9-29(19-28)35-47-30(23-49-33-11-1-2-16-41-33)20-32(48-35)26-14-12-24(22-44)13-15-26/h1-4,6-9,11-16,18-19,30-32,35,44H,5,10,17,20-23H2,(H,42,45)/t30-,31+,32+,35+/m1/s1. The number of ether oxygens (including phenoxy) is 2. The number of aliphatic hydroxyl groups is 1. The fourth-order valence-electron chi connectivity index (χ4n) is 6.11. The molecule has 2 aliphatic rings. The van der Waals surface area contributed by atoms with Gasteiger partial charge in [-0.2, -0.15) is 13.2 Å². The highest BCUT2D eigenvalue weighted by Crippen LogP contribution is 2.40. The van der Waals surface area contributed by atoms with Gasteiger partial charge in [0, 0.05) is 37.0 Å². The number of carbonyl (C=O) groups is 2. The topological polar surface area (TPSA) is 101 Å². The first-order chi connectivity index (χ1) is 23.7. The molecule has 49 heavy (non-hydrogen) atoms. The van der Waals surface area contributed by atoms with E-state index in [1.54, 1.807) is 18.0 Å². The van der Waals surface area contributed by atoms with Crippen molar-refractivity contribution in [2.75, 3.05) is 12.3 Å². The SMILES string of the molecule is O=C(NCc1cccc(-c2cccc([C@H]3O[C@@H](CSc4ccccn4)C[C@@H](c4ccc(CO)cc4)O3)c2)c1)[C@@H]1CCCN1C(=O)C(F)(F)F. The lowest BCUT2D eigenvalue weighted by molar-refractivity contribution is -0.245. The van der Waals surface area contributed by atoms with Gasteiger partial charge in [0.05, 0.1) is 23.8 Å². The highest BCUT2D eigenvalue weighted by molar-refractivity contribution is 7.99. The average molecular weight is 692 g/mol. The molecule has 0 radical (unpaired) electrons. The number of nitrogens with one attached hydrogen (secondary N) is 1. The molecule has 2 saturated heterocycles. The first kappa shape index (κ1) is 34.6. The van der Waals surface area contributed by atoms with Crippen LogP contribution < -0.4 is 5.32 Å². The molecule has 0 aliphatic carbocycles. The number of alkyl halides is 3. The minimum Gasteiger partial charge on any atom is -0.392 e. The van der Waals surface area contributed by atoms with Crippen molar-refractivity contribution in [1.29, 1.82) is 0 Å². The number of hydrogen-bond acceptors (Lipinski definition) is 7. The average Bonchev–Trinajstić information content (AvgIpc) is 3.63. The number of carbonyl (C=O) groups excluding carboxylic acids is 2. The molecule has 0 saturated carbocycles. The summed E-state index contributed by atoms with van der Waals surface area (Å²) in [5.74, 6) is -1.91. The van der Waals surface area contributed by atoms with Crippen molar-refractivity contribution in [3.05, 3.63) is 119 Å². The Morgan fingerprint density at radius 1 is 0.918 bits per heavy atom. The zero-order valence-electron chi connectivity index (χ0n) is 26.5. The van der Waals surface area contributed by atoms with E-state index in [2.05, 4.69) is 10.3 Å². The van der Waals surface area contributed by atoms with Crippen LogP contribution in [0.2, 0.25) is 0 Å². The quantitative estimate of drug-likeness (QED) is 0.178. The minimum atomic E-state index is -5.02. The summed E-state index contributed by atoms with van der Waals surface area (Å²) in [6.45, 7) is -0.0430. The van der Waals surface area contributed by atoms with Gasteiger partial charge in [-0.25, -0.2) is 4.98 Å². The number of hydrogen-bond donors (Lipinski definition) is 2. The van der Waals surface area contributed by atoms with Crippen molar-refractivity contribution >= 4 is 23.6 Å². The van der Waals surface area contributed by atoms with Crippen LogP contribution >= 0.6 is 11.8 Å². The van der Waals surface area contributed by atoms with Crippen molar-refractivity contribution < 1.29 is 37.3 Å². The maximum atomic E-state index is 13.0. The predicted octanol–water partition coefficient (Wildman–Crippen LogP) is 6.75. The van der Waals surface area contributed by atoms with E-state index >= 15 is 0 Å². The third-order valence-electron chi connectivity index (χ3n) is 8.61. The van der Waals surface area contributed by atoms with E-state index in [4.69, 9.17) is 9.47 Å². The summed E-state index contributed by atoms with van der Waals surface area (Å²) in [7, 11) is 0. The number of rotatable bonds is 10. The Hall–Kier alpha value is -4.23. The largest absolute Gasteiger partial charge is 0.471 e. The number of nitrogens with zero attached hydrogens (tertiary/aromatic N) is 2. The molecule has 0 bridgehead atoms. The van der Waals surface area contributed by atoms with Gasteiger partial charge in [-0.3, -0.25) is 9.59 Å². The number of aromatic nitrogens is 1. The molecule has 4 aromatic rings. The summed E-state index contributed by atoms with van der Waals surface area (Å²) in [6, 6.07) is 27.7. The second-order valence-electron chi connectivity index (χ2n) is 12.0. The van der Waals surface area contributed by atoms with Gasteiger partial charge in [0.25, 0.3) is 0 Å². The Morgan fingerprint density at radius 3 is 2.43 bits per heavy atom. The van der Waals surface area contributed by atoms with Gasteiger partial charge in [-0.1, -0.05) is 66.7 Å². The normalized spacial score (nSPS) is 21.0. The zero-order chi connectivity index (χ0) is 34.4. The fraction of sp³-hybridized carbons (Fsp3) is 0.324. The smallest absolute Gasteiger partial charge is 0.392 e. The van der Waals surface area contributed by atoms with Gasteiger partial charge in [0.15, 0.2) is 6.29 Å². The number of amides is 2. The van der Waals surface area contributed by atoms with Crippen LogP contribution in [0.25, 0.3) is 11.1 Å². The molecule has 6 rings (SSSR count). The lowest BCUT2D eigenvalue weighted by Crippen LogP contribution is -2.50. The molecule has 2 fully saturated rings. The Labute approximate surface area is 286 Å². The molecule has 8 nitrogen and oxygen atoms in total. The van der Waals surface area contributed by atoms with Gasteiger partial charge in [-0.15, -0.1) is 11.8 Å². The maximum absolute atomic E-state index is 13.0. The summed E-state index contributed by atoms with van der Waals surface area (Å²) in [5.41, 5.74) is 5.17. The molecule has 256 valence electrons. The van der Waals surface area contributed by atoms with E-state index in [1.165, 1.54) is 0 Å². The first-order valence-corrected chi connectivity index (χ1v) is 17.1. The highest BCUT2D eigenvalue weighted by Gasteiger charge is 2.47. The van der Waals surface area contributed by atoms with Crippen LogP contribution in [0.1, 0.15) is 53.9 Å². The van der Waals surface area contributed by atoms with E-state index in [1.807, 2.05) is 91.0 Å². The number of benzene rings is 3. The molecule has 4 atom stereocenters. The molecule has 0 unspecified atom stereocenters. The number of halogens is 3. The predicted molar refractivity (Wildman–Crippen MR) is 178 cm³/mol. The second-order valence-corrected chi connectivity index (χ2v) is 13.1. The van der Waals surface area contributed by atoms with E-state index < -0.39 is 30.3 Å². The summed E-state index contributed by atoms with van der Waals surface area (Å²) in [6.07, 6.45) is -3.12. The number of aliphatic hydroxyl groups excluding tert-OH is 1. The van der Waals surface area contributed by atoms with Crippen LogP contribution in [0.15, 0.2) is 102 Å². The minimum absolute atomic E-state index is 0.0384. The fourth-order valence-corrected chi connectivity index (χ4v) is 6.99. The maximum Gasteiger partial charge on any atom is 0.471 e. The highest BCUT2D eigenvalue weighted by atomic mass is 32.2. The summed E-state index contributed by atoms with van der Waals surface area (Å²) in [4.78, 5) is 29.7. The van der Waals surface area contributed by atoms with Crippen LogP contribution in [-0.2, 0) is 32.2 Å². The van der Waals surface area contributed by atoms with Crippen molar-refractivity contribution in [3.63, 3.8) is 0 Å². The van der Waals surface area contributed by atoms with Crippen LogP contribution in [0, 0.1) is 0 Å². The van der Waals surface area contributed by atoms with Crippen molar-refractivity contribution in [3.8, 4) is 11.1 Å². The van der Waals surface area contributed by atoms with Crippen molar-refractivity contribution in [2.45, 2.75) is 68.2 Å². The van der Waals surface area contributed by atoms with Crippen LogP contribution in [0.3, 0.4) is 0 Å². The Kier molecular flexibility index (Phi) is 11.0. The van der Waals surface area contributed by atoms with Crippen LogP contribution in [0.5, 0.6) is 0 Å². The number of thioether (sulfide) groups is 1. The third-order valence-corrected chi connectivity index (χ3v) is 9.69. The molecule has 12 heteroatoms. The van der Waals surface area contributed by atoms with Gasteiger partial charge in [0.2, 0.25) is 5.91 Å². The van der Waals surface area contributed by atoms with E-state index in [9.17, 15) is 27.9 Å². The van der Waals surface area contributed by atoms with E-state index in [-0.39, 0.29) is 38.3 Å². The van der Waals surface area contributed by atoms with Gasteiger partial charge < -0.3 is 24.8 Å². The number of likely N-dealkylation sites (tertiary alicyclic amines) is 1. The molecule has 2 aliphatic heterocycles. The lowest BCUT2D eigenvalue weighted by atomic mass is 9.99. The molecular formula is C37H36F3N3O5S. The van der Waals surface area contributed by atoms with E-state index in [0.29, 0.717) is 23.5 Å². The summed E-state index contributed by atoms with van der Waals surface area (Å²) in [5, 5.41) is 13.1. The van der Waals surface area contributed by atoms with Crippen molar-refractivity contribution in [1.82, 2.24) is 15.2 Å². The first-order valence-electron chi connectivity index (χ1n) is 16.1. The lowest BCUT2D eigenvalue weighted by Gasteiger charge is -2.36. The molecular weight excluding hydrogens is 655 g/mol. The third kappa shape index (κ3) is 8.69. The van der Waals surface area contributed by atoms with Crippen LogP contribution in [0.4, 0.5) is 13.2 Å². The Morgan fingerprint density at radius 2 is 1.69 bits per heavy atom. The Balaban J connectivity index is 1.16. The summed E-state index contributed by atoms with van der Waals surface area (Å²) >= 11 is 1.62. The molecule has 3 heterocycles. The molecule has 0 spiro atoms. The molecule has 3 aromatic carbocycles. The van der Waals surface area contributed by atoms with Crippen molar-refractivity contribution in [2.24, 2.45) is 0 Å². The van der Waals surface area contributed by atoms with E-state index in [0.717, 1.165) is 38.4 Å². The van der Waals surface area contributed by atoms with Gasteiger partial charge in [-0.05, 0) is 64.9 Å². The summed E-state index contributed by atoms with van der Waals surface area (Å²) < 4.78 is 52.1. The van der Waals surface area contributed by atoms with Gasteiger partial charge in [0.1, 0.15) is 6.04 Å². The monoisotopic (exact) mass is 691 g/mol. The Bertz CT molecular complexity index is 1740. The molecule has 2 amide bonds. The second kappa shape index (κ2) is 15.5. The van der Waals surface area contributed by atoms with Crippen LogP contribution in [-0.4, -0.2) is 57.4 Å². The molecule has 1 aromatic heterocycles. The molecule has 2 N–H and O–H groups in total.